The third-order valence-corrected chi connectivity index (χ3v) is 3.22. The summed E-state index contributed by atoms with van der Waals surface area (Å²) >= 11 is 5.84. The van der Waals surface area contributed by atoms with Crippen LogP contribution >= 0.6 is 11.6 Å². The molecular weight excluding hydrogens is 265 g/mol. The molecule has 1 heterocycles. The average Bonchev–Trinajstić information content (AvgIpc) is 2.53. The van der Waals surface area contributed by atoms with Gasteiger partial charge in [-0.3, -0.25) is 0 Å². The summed E-state index contributed by atoms with van der Waals surface area (Å²) in [7, 11) is 0. The van der Waals surface area contributed by atoms with Gasteiger partial charge in [0.25, 0.3) is 0 Å². The van der Waals surface area contributed by atoms with Crippen molar-refractivity contribution >= 4 is 17.3 Å². The molecule has 18 heavy (non-hydrogen) atoms. The van der Waals surface area contributed by atoms with E-state index in [2.05, 4.69) is 5.32 Å². The molecule has 0 saturated carbocycles. The first-order chi connectivity index (χ1) is 8.48. The van der Waals surface area contributed by atoms with Crippen LogP contribution in [0.3, 0.4) is 0 Å². The SMILES string of the molecule is FC(F)(F)C1CNCCCN1c1cccc(Cl)c1. The van der Waals surface area contributed by atoms with E-state index < -0.39 is 12.2 Å². The fraction of sp³-hybridized carbons (Fsp3) is 0.500. The third kappa shape index (κ3) is 3.09. The minimum Gasteiger partial charge on any atom is -0.359 e. The highest BCUT2D eigenvalue weighted by molar-refractivity contribution is 6.30. The van der Waals surface area contributed by atoms with E-state index in [4.69, 9.17) is 11.6 Å². The van der Waals surface area contributed by atoms with E-state index in [-0.39, 0.29) is 6.54 Å². The first-order valence-electron chi connectivity index (χ1n) is 5.78. The first-order valence-corrected chi connectivity index (χ1v) is 6.16. The number of alkyl halides is 3. The Morgan fingerprint density at radius 1 is 1.33 bits per heavy atom. The van der Waals surface area contributed by atoms with Crippen molar-refractivity contribution in [1.82, 2.24) is 5.32 Å². The van der Waals surface area contributed by atoms with Crippen LogP contribution in [-0.4, -0.2) is 31.9 Å². The van der Waals surface area contributed by atoms with Gasteiger partial charge in [0.15, 0.2) is 0 Å². The highest BCUT2D eigenvalue weighted by Crippen LogP contribution is 2.30. The van der Waals surface area contributed by atoms with Gasteiger partial charge in [0.2, 0.25) is 0 Å². The minimum absolute atomic E-state index is 0.0873. The lowest BCUT2D eigenvalue weighted by Crippen LogP contribution is -2.49. The molecule has 1 aromatic rings. The number of rotatable bonds is 1. The lowest BCUT2D eigenvalue weighted by molar-refractivity contribution is -0.147. The molecule has 100 valence electrons. The van der Waals surface area contributed by atoms with E-state index in [1.165, 1.54) is 4.90 Å². The molecule has 1 unspecified atom stereocenters. The molecule has 1 saturated heterocycles. The van der Waals surface area contributed by atoms with Gasteiger partial charge >= 0.3 is 6.18 Å². The molecule has 0 radical (unpaired) electrons. The van der Waals surface area contributed by atoms with Gasteiger partial charge in [-0.25, -0.2) is 0 Å². The van der Waals surface area contributed by atoms with E-state index in [9.17, 15) is 13.2 Å². The number of benzene rings is 1. The molecular formula is C12H14ClF3N2. The largest absolute Gasteiger partial charge is 0.409 e. The summed E-state index contributed by atoms with van der Waals surface area (Å²) in [5.41, 5.74) is 0.522. The molecule has 1 N–H and O–H groups in total. The smallest absolute Gasteiger partial charge is 0.359 e. The second kappa shape index (κ2) is 5.36. The Bertz CT molecular complexity index is 409. The van der Waals surface area contributed by atoms with Gasteiger partial charge in [-0.15, -0.1) is 0 Å². The molecule has 1 fully saturated rings. The van der Waals surface area contributed by atoms with Gasteiger partial charge in [0.1, 0.15) is 6.04 Å². The Morgan fingerprint density at radius 2 is 2.11 bits per heavy atom. The summed E-state index contributed by atoms with van der Waals surface area (Å²) in [6, 6.07) is 5.06. The molecule has 2 nitrogen and oxygen atoms in total. The van der Waals surface area contributed by atoms with Gasteiger partial charge < -0.3 is 10.2 Å². The van der Waals surface area contributed by atoms with Gasteiger partial charge in [-0.1, -0.05) is 17.7 Å². The van der Waals surface area contributed by atoms with Crippen molar-refractivity contribution < 1.29 is 13.2 Å². The van der Waals surface area contributed by atoms with E-state index >= 15 is 0 Å². The van der Waals surface area contributed by atoms with Gasteiger partial charge in [0, 0.05) is 23.8 Å². The Balaban J connectivity index is 2.31. The fourth-order valence-electron chi connectivity index (χ4n) is 2.14. The Kier molecular flexibility index (Phi) is 4.02. The standard InChI is InChI=1S/C12H14ClF3N2/c13-9-3-1-4-10(7-9)18-6-2-5-17-8-11(18)12(14,15)16/h1,3-4,7,11,17H,2,5-6,8H2. The predicted octanol–water partition coefficient (Wildman–Crippen LogP) is 3.07. The van der Waals surface area contributed by atoms with Gasteiger partial charge in [0.05, 0.1) is 0 Å². The van der Waals surface area contributed by atoms with Crippen molar-refractivity contribution in [3.05, 3.63) is 29.3 Å². The Labute approximate surface area is 109 Å². The van der Waals surface area contributed by atoms with Crippen molar-refractivity contribution in [2.75, 3.05) is 24.5 Å². The molecule has 1 aliphatic heterocycles. The quantitative estimate of drug-likeness (QED) is 0.849. The summed E-state index contributed by atoms with van der Waals surface area (Å²) in [6.07, 6.45) is -3.57. The number of nitrogens with one attached hydrogen (secondary N) is 1. The summed E-state index contributed by atoms with van der Waals surface area (Å²) in [5.74, 6) is 0. The number of hydrogen-bond donors (Lipinski definition) is 1. The fourth-order valence-corrected chi connectivity index (χ4v) is 2.32. The third-order valence-electron chi connectivity index (χ3n) is 2.98. The molecule has 0 amide bonds. The van der Waals surface area contributed by atoms with Crippen molar-refractivity contribution in [1.29, 1.82) is 0 Å². The van der Waals surface area contributed by atoms with E-state index in [1.807, 2.05) is 0 Å². The zero-order chi connectivity index (χ0) is 13.2. The summed E-state index contributed by atoms with van der Waals surface area (Å²) < 4.78 is 39.1. The molecule has 6 heteroatoms. The molecule has 1 atom stereocenters. The number of hydrogen-bond acceptors (Lipinski definition) is 2. The van der Waals surface area contributed by atoms with Crippen LogP contribution in [0.5, 0.6) is 0 Å². The maximum absolute atomic E-state index is 13.0. The molecule has 2 rings (SSSR count). The molecule has 1 aromatic carbocycles. The maximum Gasteiger partial charge on any atom is 0.409 e. The monoisotopic (exact) mass is 278 g/mol. The molecule has 0 aliphatic carbocycles. The van der Waals surface area contributed by atoms with Crippen LogP contribution in [0.1, 0.15) is 6.42 Å². The van der Waals surface area contributed by atoms with Crippen LogP contribution in [0.25, 0.3) is 0 Å². The van der Waals surface area contributed by atoms with E-state index in [0.717, 1.165) is 0 Å². The topological polar surface area (TPSA) is 15.3 Å². The number of halogens is 4. The maximum atomic E-state index is 13.0. The summed E-state index contributed by atoms with van der Waals surface area (Å²) in [5, 5.41) is 3.27. The summed E-state index contributed by atoms with van der Waals surface area (Å²) in [6.45, 7) is 0.886. The Morgan fingerprint density at radius 3 is 2.78 bits per heavy atom. The van der Waals surface area contributed by atoms with Gasteiger partial charge in [-0.2, -0.15) is 13.2 Å². The van der Waals surface area contributed by atoms with Crippen LogP contribution in [-0.2, 0) is 0 Å². The zero-order valence-electron chi connectivity index (χ0n) is 9.67. The molecule has 1 aliphatic rings. The molecule has 0 spiro atoms. The molecule has 0 aromatic heterocycles. The van der Waals surface area contributed by atoms with Crippen molar-refractivity contribution in [2.45, 2.75) is 18.6 Å². The second-order valence-corrected chi connectivity index (χ2v) is 4.72. The van der Waals surface area contributed by atoms with Crippen LogP contribution < -0.4 is 10.2 Å². The van der Waals surface area contributed by atoms with Crippen LogP contribution in [0, 0.1) is 0 Å². The average molecular weight is 279 g/mol. The Hall–Kier alpha value is -0.940. The van der Waals surface area contributed by atoms with E-state index in [0.29, 0.717) is 30.2 Å². The second-order valence-electron chi connectivity index (χ2n) is 4.29. The highest BCUT2D eigenvalue weighted by atomic mass is 35.5. The van der Waals surface area contributed by atoms with Crippen molar-refractivity contribution in [3.8, 4) is 0 Å². The van der Waals surface area contributed by atoms with Crippen LogP contribution in [0.15, 0.2) is 24.3 Å². The summed E-state index contributed by atoms with van der Waals surface area (Å²) in [4.78, 5) is 1.38. The zero-order valence-corrected chi connectivity index (χ0v) is 10.4. The normalized spacial score (nSPS) is 21.8. The van der Waals surface area contributed by atoms with E-state index in [1.54, 1.807) is 24.3 Å². The lowest BCUT2D eigenvalue weighted by atomic mass is 10.2. The number of anilines is 1. The molecule has 0 bridgehead atoms. The number of nitrogens with zero attached hydrogens (tertiary/aromatic N) is 1. The van der Waals surface area contributed by atoms with Crippen molar-refractivity contribution in [3.63, 3.8) is 0 Å². The van der Waals surface area contributed by atoms with Gasteiger partial charge in [-0.05, 0) is 31.2 Å². The highest BCUT2D eigenvalue weighted by Gasteiger charge is 2.44. The lowest BCUT2D eigenvalue weighted by Gasteiger charge is -2.33. The van der Waals surface area contributed by atoms with Crippen molar-refractivity contribution in [2.24, 2.45) is 0 Å². The minimum atomic E-state index is -4.25. The van der Waals surface area contributed by atoms with Crippen LogP contribution in [0.4, 0.5) is 18.9 Å². The van der Waals surface area contributed by atoms with Crippen LogP contribution in [0.2, 0.25) is 5.02 Å². The predicted molar refractivity (Wildman–Crippen MR) is 66.1 cm³/mol. The first kappa shape index (κ1) is 13.5.